The predicted molar refractivity (Wildman–Crippen MR) is 118 cm³/mol. The molecule has 1 aromatic carbocycles. The second-order valence-electron chi connectivity index (χ2n) is 8.28. The number of carbonyl (C=O) groups is 2. The molecule has 2 aliphatic rings. The van der Waals surface area contributed by atoms with Crippen LogP contribution in [0.4, 0.5) is 5.69 Å². The lowest BCUT2D eigenvalue weighted by molar-refractivity contribution is -0.151. The van der Waals surface area contributed by atoms with Crippen LogP contribution in [0.2, 0.25) is 0 Å². The minimum atomic E-state index is -0.722. The predicted octanol–water partition coefficient (Wildman–Crippen LogP) is 1.00. The van der Waals surface area contributed by atoms with E-state index >= 15 is 0 Å². The molecule has 0 spiro atoms. The second-order valence-corrected chi connectivity index (χ2v) is 8.28. The van der Waals surface area contributed by atoms with E-state index in [2.05, 4.69) is 22.0 Å². The van der Waals surface area contributed by atoms with Crippen LogP contribution >= 0.6 is 0 Å². The van der Waals surface area contributed by atoms with Crippen molar-refractivity contribution < 1.29 is 19.5 Å². The zero-order valence-corrected chi connectivity index (χ0v) is 18.1. The SMILES string of the molecule is CN1CC(Oc2cccnc2)CC(C(=O)NO)[C@H]1C(=O)N1CCN(c2ccccc2)CC1. The second kappa shape index (κ2) is 9.97. The molecule has 170 valence electrons. The Morgan fingerprint density at radius 1 is 1.09 bits per heavy atom. The van der Waals surface area contributed by atoms with E-state index in [4.69, 9.17) is 4.74 Å². The lowest BCUT2D eigenvalue weighted by Gasteiger charge is -2.44. The van der Waals surface area contributed by atoms with Crippen molar-refractivity contribution in [1.82, 2.24) is 20.3 Å². The standard InChI is InChI=1S/C23H29N5O4/c1-26-16-19(32-18-8-5-9-24-15-18)14-20(22(29)25-31)21(26)23(30)28-12-10-27(11-13-28)17-6-3-2-4-7-17/h2-9,15,19-21,31H,10-14,16H2,1H3,(H,25,29)/t19?,20?,21-/m0/s1. The Labute approximate surface area is 187 Å². The average Bonchev–Trinajstić information content (AvgIpc) is 2.84. The van der Waals surface area contributed by atoms with Crippen LogP contribution in [0.1, 0.15) is 6.42 Å². The summed E-state index contributed by atoms with van der Waals surface area (Å²) < 4.78 is 5.99. The van der Waals surface area contributed by atoms with Crippen molar-refractivity contribution in [1.29, 1.82) is 0 Å². The molecule has 4 rings (SSSR count). The molecule has 9 nitrogen and oxygen atoms in total. The number of nitrogens with zero attached hydrogens (tertiary/aromatic N) is 4. The smallest absolute Gasteiger partial charge is 0.248 e. The summed E-state index contributed by atoms with van der Waals surface area (Å²) in [4.78, 5) is 35.9. The number of para-hydroxylation sites is 1. The number of nitrogens with one attached hydrogen (secondary N) is 1. The van der Waals surface area contributed by atoms with Crippen molar-refractivity contribution >= 4 is 17.5 Å². The molecule has 2 aliphatic heterocycles. The number of hydrogen-bond acceptors (Lipinski definition) is 7. The molecule has 0 radical (unpaired) electrons. The van der Waals surface area contributed by atoms with Gasteiger partial charge in [-0.25, -0.2) is 5.48 Å². The van der Waals surface area contributed by atoms with Gasteiger partial charge in [0.2, 0.25) is 11.8 Å². The van der Waals surface area contributed by atoms with Crippen molar-refractivity contribution in [2.45, 2.75) is 18.6 Å². The van der Waals surface area contributed by atoms with Gasteiger partial charge < -0.3 is 14.5 Å². The van der Waals surface area contributed by atoms with E-state index in [-0.39, 0.29) is 12.0 Å². The van der Waals surface area contributed by atoms with Crippen molar-refractivity contribution in [2.24, 2.45) is 5.92 Å². The lowest BCUT2D eigenvalue weighted by atomic mass is 9.86. The number of likely N-dealkylation sites (N-methyl/N-ethyl adjacent to an activating group) is 1. The zero-order valence-electron chi connectivity index (χ0n) is 18.1. The molecule has 2 aromatic rings. The van der Waals surface area contributed by atoms with Crippen LogP contribution < -0.4 is 15.1 Å². The number of ether oxygens (including phenoxy) is 1. The third kappa shape index (κ3) is 4.84. The first kappa shape index (κ1) is 22.0. The molecule has 2 saturated heterocycles. The van der Waals surface area contributed by atoms with Crippen molar-refractivity contribution in [3.05, 3.63) is 54.9 Å². The molecule has 32 heavy (non-hydrogen) atoms. The van der Waals surface area contributed by atoms with Gasteiger partial charge in [0.05, 0.1) is 12.1 Å². The number of piperidine rings is 1. The van der Waals surface area contributed by atoms with Gasteiger partial charge in [0.15, 0.2) is 0 Å². The molecular weight excluding hydrogens is 410 g/mol. The Hall–Kier alpha value is -3.17. The molecule has 2 fully saturated rings. The lowest BCUT2D eigenvalue weighted by Crippen LogP contribution is -2.62. The van der Waals surface area contributed by atoms with Crippen LogP contribution in [0.15, 0.2) is 54.9 Å². The van der Waals surface area contributed by atoms with Crippen molar-refractivity contribution in [2.75, 3.05) is 44.7 Å². The van der Waals surface area contributed by atoms with Gasteiger partial charge in [0.25, 0.3) is 0 Å². The highest BCUT2D eigenvalue weighted by Crippen LogP contribution is 2.28. The fraction of sp³-hybridized carbons (Fsp3) is 0.435. The average molecular weight is 440 g/mol. The van der Waals surface area contributed by atoms with Crippen molar-refractivity contribution in [3.63, 3.8) is 0 Å². The zero-order chi connectivity index (χ0) is 22.5. The Kier molecular flexibility index (Phi) is 6.87. The molecule has 3 atom stereocenters. The first-order valence-electron chi connectivity index (χ1n) is 10.9. The summed E-state index contributed by atoms with van der Waals surface area (Å²) in [5.74, 6) is -0.776. The Balaban J connectivity index is 1.43. The van der Waals surface area contributed by atoms with Crippen LogP contribution in [-0.2, 0) is 9.59 Å². The molecule has 2 N–H and O–H groups in total. The topological polar surface area (TPSA) is 98.2 Å². The van der Waals surface area contributed by atoms with Gasteiger partial charge in [-0.05, 0) is 37.7 Å². The summed E-state index contributed by atoms with van der Waals surface area (Å²) in [6, 6.07) is 13.1. The van der Waals surface area contributed by atoms with E-state index in [1.54, 1.807) is 30.0 Å². The molecule has 2 unspecified atom stereocenters. The molecule has 2 amide bonds. The minimum Gasteiger partial charge on any atom is -0.487 e. The van der Waals surface area contributed by atoms with Crippen molar-refractivity contribution in [3.8, 4) is 5.75 Å². The maximum Gasteiger partial charge on any atom is 0.248 e. The first-order chi connectivity index (χ1) is 15.6. The van der Waals surface area contributed by atoms with E-state index < -0.39 is 17.9 Å². The van der Waals surface area contributed by atoms with E-state index in [1.807, 2.05) is 35.0 Å². The number of piperazine rings is 1. The van der Waals surface area contributed by atoms with Gasteiger partial charge in [-0.3, -0.25) is 24.7 Å². The third-order valence-corrected chi connectivity index (χ3v) is 6.21. The van der Waals surface area contributed by atoms with E-state index in [9.17, 15) is 14.8 Å². The van der Waals surface area contributed by atoms with Gasteiger partial charge in [0, 0.05) is 44.6 Å². The number of likely N-dealkylation sites (tertiary alicyclic amines) is 1. The Morgan fingerprint density at radius 3 is 2.50 bits per heavy atom. The van der Waals surface area contributed by atoms with Crippen LogP contribution in [0.3, 0.4) is 0 Å². The van der Waals surface area contributed by atoms with Gasteiger partial charge >= 0.3 is 0 Å². The van der Waals surface area contributed by atoms with Crippen LogP contribution in [0.25, 0.3) is 0 Å². The minimum absolute atomic E-state index is 0.0892. The highest BCUT2D eigenvalue weighted by atomic mass is 16.5. The van der Waals surface area contributed by atoms with E-state index in [0.29, 0.717) is 31.8 Å². The summed E-state index contributed by atoms with van der Waals surface area (Å²) in [6.45, 7) is 3.12. The van der Waals surface area contributed by atoms with Crippen LogP contribution in [-0.4, -0.2) is 83.7 Å². The normalized spacial score (nSPS) is 24.1. The summed E-state index contributed by atoms with van der Waals surface area (Å²) >= 11 is 0. The number of hydroxylamine groups is 1. The maximum atomic E-state index is 13.5. The number of rotatable bonds is 5. The van der Waals surface area contributed by atoms with Crippen LogP contribution in [0, 0.1) is 5.92 Å². The maximum absolute atomic E-state index is 13.5. The number of aromatic nitrogens is 1. The highest BCUT2D eigenvalue weighted by Gasteiger charge is 2.45. The fourth-order valence-corrected chi connectivity index (χ4v) is 4.63. The summed E-state index contributed by atoms with van der Waals surface area (Å²) in [6.07, 6.45) is 3.30. The van der Waals surface area contributed by atoms with Gasteiger partial charge in [-0.1, -0.05) is 18.2 Å². The summed E-state index contributed by atoms with van der Waals surface area (Å²) in [7, 11) is 1.82. The van der Waals surface area contributed by atoms with E-state index in [0.717, 1.165) is 18.8 Å². The van der Waals surface area contributed by atoms with Gasteiger partial charge in [-0.2, -0.15) is 0 Å². The monoisotopic (exact) mass is 439 g/mol. The number of pyridine rings is 1. The molecule has 3 heterocycles. The van der Waals surface area contributed by atoms with Gasteiger partial charge in [-0.15, -0.1) is 0 Å². The Bertz CT molecular complexity index is 905. The van der Waals surface area contributed by atoms with Crippen LogP contribution in [0.5, 0.6) is 5.75 Å². The summed E-state index contributed by atoms with van der Waals surface area (Å²) in [5.41, 5.74) is 2.88. The molecule has 1 aromatic heterocycles. The molecule has 0 bridgehead atoms. The van der Waals surface area contributed by atoms with E-state index in [1.165, 1.54) is 0 Å². The molecule has 0 saturated carbocycles. The third-order valence-electron chi connectivity index (χ3n) is 6.21. The number of anilines is 1. The number of hydrogen-bond donors (Lipinski definition) is 2. The highest BCUT2D eigenvalue weighted by molar-refractivity contribution is 5.90. The fourth-order valence-electron chi connectivity index (χ4n) is 4.63. The van der Waals surface area contributed by atoms with Gasteiger partial charge in [0.1, 0.15) is 17.9 Å². The molecule has 0 aliphatic carbocycles. The first-order valence-corrected chi connectivity index (χ1v) is 10.9. The largest absolute Gasteiger partial charge is 0.487 e. The molecular formula is C23H29N5O4. The Morgan fingerprint density at radius 2 is 1.84 bits per heavy atom. The number of amides is 2. The molecule has 9 heteroatoms. The quantitative estimate of drug-likeness (QED) is 0.530. The number of carbonyl (C=O) groups excluding carboxylic acids is 2. The summed E-state index contributed by atoms with van der Waals surface area (Å²) in [5, 5.41) is 9.32. The number of benzene rings is 1.